The van der Waals surface area contributed by atoms with E-state index in [1.54, 1.807) is 0 Å². The Balaban J connectivity index is 2.11. The number of halogens is 1. The van der Waals surface area contributed by atoms with Crippen molar-refractivity contribution in [2.24, 2.45) is 10.7 Å². The third-order valence-corrected chi connectivity index (χ3v) is 2.78. The number of aliphatic imine (C=N–C) groups is 1. The summed E-state index contributed by atoms with van der Waals surface area (Å²) >= 11 is 6.08. The molecule has 80 valence electrons. The van der Waals surface area contributed by atoms with Crippen molar-refractivity contribution >= 4 is 17.4 Å². The van der Waals surface area contributed by atoms with Gasteiger partial charge in [0.2, 0.25) is 0 Å². The molecule has 0 fully saturated rings. The first-order valence-corrected chi connectivity index (χ1v) is 5.45. The van der Waals surface area contributed by atoms with E-state index < -0.39 is 0 Å². The summed E-state index contributed by atoms with van der Waals surface area (Å²) in [5.74, 6) is 0.888. The molecule has 0 aromatic heterocycles. The normalized spacial score (nSPS) is 19.9. The second-order valence-corrected chi connectivity index (χ2v) is 3.99. The van der Waals surface area contributed by atoms with E-state index in [1.165, 1.54) is 0 Å². The first-order chi connectivity index (χ1) is 7.31. The molecule has 1 unspecified atom stereocenters. The van der Waals surface area contributed by atoms with Crippen molar-refractivity contribution < 1.29 is 0 Å². The van der Waals surface area contributed by atoms with Gasteiger partial charge in [-0.2, -0.15) is 0 Å². The quantitative estimate of drug-likeness (QED) is 0.814. The zero-order chi connectivity index (χ0) is 10.7. The predicted octanol–water partition coefficient (Wildman–Crippen LogP) is 1.41. The maximum absolute atomic E-state index is 6.08. The molecule has 1 aromatic carbocycles. The van der Waals surface area contributed by atoms with Gasteiger partial charge in [-0.15, -0.1) is 0 Å². The van der Waals surface area contributed by atoms with Gasteiger partial charge < -0.3 is 11.1 Å². The molecule has 0 spiro atoms. The molecule has 0 saturated carbocycles. The van der Waals surface area contributed by atoms with E-state index in [0.29, 0.717) is 12.6 Å². The van der Waals surface area contributed by atoms with Crippen molar-refractivity contribution in [3.63, 3.8) is 0 Å². The van der Waals surface area contributed by atoms with Gasteiger partial charge in [0.1, 0.15) is 5.84 Å². The highest BCUT2D eigenvalue weighted by Gasteiger charge is 2.18. The Morgan fingerprint density at radius 2 is 2.27 bits per heavy atom. The first-order valence-electron chi connectivity index (χ1n) is 5.07. The van der Waals surface area contributed by atoms with E-state index in [9.17, 15) is 0 Å². The third-order valence-electron chi connectivity index (χ3n) is 2.45. The van der Waals surface area contributed by atoms with Crippen molar-refractivity contribution in [1.82, 2.24) is 5.32 Å². The topological polar surface area (TPSA) is 50.4 Å². The Labute approximate surface area is 94.3 Å². The van der Waals surface area contributed by atoms with E-state index in [0.717, 1.165) is 29.4 Å². The van der Waals surface area contributed by atoms with Crippen LogP contribution in [-0.2, 0) is 0 Å². The lowest BCUT2D eigenvalue weighted by Gasteiger charge is -2.10. The Bertz CT molecular complexity index is 376. The highest BCUT2D eigenvalue weighted by atomic mass is 35.5. The van der Waals surface area contributed by atoms with E-state index in [4.69, 9.17) is 17.3 Å². The molecule has 0 radical (unpaired) electrons. The number of amidine groups is 1. The first kappa shape index (κ1) is 10.5. The Hall–Kier alpha value is -1.06. The molecule has 2 rings (SSSR count). The van der Waals surface area contributed by atoms with Crippen molar-refractivity contribution in [3.8, 4) is 0 Å². The van der Waals surface area contributed by atoms with Crippen molar-refractivity contribution in [1.29, 1.82) is 0 Å². The Morgan fingerprint density at radius 1 is 1.47 bits per heavy atom. The van der Waals surface area contributed by atoms with Gasteiger partial charge in [-0.1, -0.05) is 23.7 Å². The number of hydrogen-bond acceptors (Lipinski definition) is 3. The van der Waals surface area contributed by atoms with Crippen molar-refractivity contribution in [2.75, 3.05) is 13.1 Å². The molecule has 0 amide bonds. The van der Waals surface area contributed by atoms with Crippen LogP contribution >= 0.6 is 11.6 Å². The maximum Gasteiger partial charge on any atom is 0.130 e. The summed E-state index contributed by atoms with van der Waals surface area (Å²) in [6, 6.07) is 8.08. The van der Waals surface area contributed by atoms with Gasteiger partial charge in [-0.25, -0.2) is 0 Å². The minimum Gasteiger partial charge on any atom is -0.365 e. The standard InChI is InChI=1S/C11H14ClN3/c12-10-4-2-1-3-9(10)11-14-7-8(15-11)5-6-13/h1-4,8H,5-7,13H2,(H,14,15). The summed E-state index contributed by atoms with van der Waals surface area (Å²) in [6.45, 7) is 1.47. The van der Waals surface area contributed by atoms with Gasteiger partial charge in [-0.05, 0) is 25.1 Å². The molecule has 1 aliphatic rings. The Morgan fingerprint density at radius 3 is 3.00 bits per heavy atom. The fourth-order valence-electron chi connectivity index (χ4n) is 1.67. The van der Waals surface area contributed by atoms with Gasteiger partial charge in [0.15, 0.2) is 0 Å². The number of nitrogens with zero attached hydrogens (tertiary/aromatic N) is 1. The molecular formula is C11H14ClN3. The molecule has 1 aliphatic heterocycles. The van der Waals surface area contributed by atoms with Crippen LogP contribution in [0.1, 0.15) is 12.0 Å². The van der Waals surface area contributed by atoms with Crippen molar-refractivity contribution in [2.45, 2.75) is 12.5 Å². The lowest BCUT2D eigenvalue weighted by Crippen LogP contribution is -2.32. The SMILES string of the molecule is NCCC1CN=C(c2ccccc2Cl)N1. The zero-order valence-electron chi connectivity index (χ0n) is 8.41. The van der Waals surface area contributed by atoms with Crippen LogP contribution in [0.25, 0.3) is 0 Å². The molecule has 3 N–H and O–H groups in total. The fourth-order valence-corrected chi connectivity index (χ4v) is 1.89. The lowest BCUT2D eigenvalue weighted by molar-refractivity contribution is 0.610. The van der Waals surface area contributed by atoms with Gasteiger partial charge in [0.05, 0.1) is 11.6 Å². The number of nitrogens with two attached hydrogens (primary N) is 1. The molecular weight excluding hydrogens is 210 g/mol. The van der Waals surface area contributed by atoms with E-state index in [1.807, 2.05) is 24.3 Å². The summed E-state index contributed by atoms with van der Waals surface area (Å²) in [4.78, 5) is 4.43. The van der Waals surface area contributed by atoms with Crippen LogP contribution in [0.5, 0.6) is 0 Å². The average Bonchev–Trinajstić information content (AvgIpc) is 2.68. The van der Waals surface area contributed by atoms with E-state index in [2.05, 4.69) is 10.3 Å². The number of benzene rings is 1. The fraction of sp³-hybridized carbons (Fsp3) is 0.364. The third kappa shape index (κ3) is 2.30. The number of hydrogen-bond donors (Lipinski definition) is 2. The summed E-state index contributed by atoms with van der Waals surface area (Å²) in [6.07, 6.45) is 0.942. The monoisotopic (exact) mass is 223 g/mol. The molecule has 1 heterocycles. The lowest BCUT2D eigenvalue weighted by atomic mass is 10.2. The second-order valence-electron chi connectivity index (χ2n) is 3.59. The minimum atomic E-state index is 0.362. The van der Waals surface area contributed by atoms with Gasteiger partial charge in [0.25, 0.3) is 0 Å². The number of nitrogens with one attached hydrogen (secondary N) is 1. The summed E-state index contributed by atoms with van der Waals surface area (Å²) in [5, 5.41) is 4.07. The molecule has 0 saturated heterocycles. The van der Waals surface area contributed by atoms with E-state index in [-0.39, 0.29) is 0 Å². The summed E-state index contributed by atoms with van der Waals surface area (Å²) in [7, 11) is 0. The van der Waals surface area contributed by atoms with Gasteiger partial charge in [0, 0.05) is 11.6 Å². The second kappa shape index (κ2) is 4.64. The smallest absolute Gasteiger partial charge is 0.130 e. The molecule has 15 heavy (non-hydrogen) atoms. The molecule has 1 atom stereocenters. The Kier molecular flexibility index (Phi) is 3.23. The van der Waals surface area contributed by atoms with Crippen LogP contribution in [-0.4, -0.2) is 25.0 Å². The predicted molar refractivity (Wildman–Crippen MR) is 63.5 cm³/mol. The number of rotatable bonds is 3. The van der Waals surface area contributed by atoms with Crippen LogP contribution in [0, 0.1) is 0 Å². The maximum atomic E-state index is 6.08. The minimum absolute atomic E-state index is 0.362. The van der Waals surface area contributed by atoms with Gasteiger partial charge >= 0.3 is 0 Å². The van der Waals surface area contributed by atoms with Crippen LogP contribution < -0.4 is 11.1 Å². The van der Waals surface area contributed by atoms with Crippen LogP contribution in [0.15, 0.2) is 29.3 Å². The highest BCUT2D eigenvalue weighted by molar-refractivity contribution is 6.34. The molecule has 0 aliphatic carbocycles. The van der Waals surface area contributed by atoms with Crippen molar-refractivity contribution in [3.05, 3.63) is 34.9 Å². The van der Waals surface area contributed by atoms with Gasteiger partial charge in [-0.3, -0.25) is 4.99 Å². The van der Waals surface area contributed by atoms with Crippen LogP contribution in [0.2, 0.25) is 5.02 Å². The average molecular weight is 224 g/mol. The molecule has 3 nitrogen and oxygen atoms in total. The van der Waals surface area contributed by atoms with Crippen LogP contribution in [0.4, 0.5) is 0 Å². The van der Waals surface area contributed by atoms with E-state index >= 15 is 0 Å². The van der Waals surface area contributed by atoms with Crippen LogP contribution in [0.3, 0.4) is 0 Å². The zero-order valence-corrected chi connectivity index (χ0v) is 9.17. The highest BCUT2D eigenvalue weighted by Crippen LogP contribution is 2.17. The summed E-state index contributed by atoms with van der Waals surface area (Å²) in [5.41, 5.74) is 6.48. The molecule has 1 aromatic rings. The molecule has 4 heteroatoms. The molecule has 0 bridgehead atoms. The summed E-state index contributed by atoms with van der Waals surface area (Å²) < 4.78 is 0. The largest absolute Gasteiger partial charge is 0.365 e.